The molecule has 2 aromatic rings. The van der Waals surface area contributed by atoms with Crippen molar-refractivity contribution >= 4 is 17.3 Å². The highest BCUT2D eigenvalue weighted by molar-refractivity contribution is 6.06. The highest BCUT2D eigenvalue weighted by Crippen LogP contribution is 2.42. The zero-order chi connectivity index (χ0) is 17.7. The minimum Gasteiger partial charge on any atom is -0.502 e. The molecule has 1 aromatic carbocycles. The number of nitrogens with zero attached hydrogens (tertiary/aromatic N) is 2. The van der Waals surface area contributed by atoms with Crippen LogP contribution in [0.2, 0.25) is 0 Å². The highest BCUT2D eigenvalue weighted by atomic mass is 16.5. The number of phenolic OH excluding ortho intramolecular Hbond substituents is 1. The van der Waals surface area contributed by atoms with Crippen molar-refractivity contribution in [3.05, 3.63) is 41.7 Å². The van der Waals surface area contributed by atoms with Gasteiger partial charge in [0.15, 0.2) is 11.5 Å². The number of ether oxygens (including phenoxy) is 2. The number of pyridine rings is 1. The Kier molecular flexibility index (Phi) is 5.20. The number of aromatic hydroxyl groups is 1. The molecule has 8 nitrogen and oxygen atoms in total. The lowest BCUT2D eigenvalue weighted by molar-refractivity contribution is 0.0954. The maximum atomic E-state index is 12.0. The van der Waals surface area contributed by atoms with E-state index in [2.05, 4.69) is 15.5 Å². The molecule has 0 aliphatic rings. The standard InChI is InChI=1S/C16H18N4O4/c1-9(19-20-16(22)10-4-6-18-7-5-10)11-8-12(23-2)14(21)15(24-3)13(11)17/h4-8,21H,17H2,1-3H3,(H,20,22)/b19-9+. The van der Waals surface area contributed by atoms with E-state index in [-0.39, 0.29) is 28.8 Å². The second-order valence-corrected chi connectivity index (χ2v) is 4.80. The first kappa shape index (κ1) is 17.1. The van der Waals surface area contributed by atoms with Crippen molar-refractivity contribution < 1.29 is 19.4 Å². The zero-order valence-corrected chi connectivity index (χ0v) is 13.5. The van der Waals surface area contributed by atoms with E-state index in [0.717, 1.165) is 0 Å². The molecule has 0 fully saturated rings. The fourth-order valence-corrected chi connectivity index (χ4v) is 2.06. The molecule has 0 radical (unpaired) electrons. The summed E-state index contributed by atoms with van der Waals surface area (Å²) < 4.78 is 10.2. The average molecular weight is 330 g/mol. The Bertz CT molecular complexity index is 775. The summed E-state index contributed by atoms with van der Waals surface area (Å²) in [6.07, 6.45) is 3.03. The molecule has 0 aliphatic carbocycles. The lowest BCUT2D eigenvalue weighted by atomic mass is 10.1. The molecule has 0 unspecified atom stereocenters. The minimum atomic E-state index is -0.381. The third-order valence-corrected chi connectivity index (χ3v) is 3.34. The van der Waals surface area contributed by atoms with E-state index in [1.807, 2.05) is 0 Å². The molecule has 0 spiro atoms. The topological polar surface area (TPSA) is 119 Å². The number of rotatable bonds is 5. The Morgan fingerprint density at radius 1 is 1.29 bits per heavy atom. The van der Waals surface area contributed by atoms with E-state index in [1.165, 1.54) is 32.7 Å². The number of hydrazone groups is 1. The number of methoxy groups -OCH3 is 2. The van der Waals surface area contributed by atoms with Crippen LogP contribution in [0.25, 0.3) is 0 Å². The van der Waals surface area contributed by atoms with Gasteiger partial charge < -0.3 is 20.3 Å². The van der Waals surface area contributed by atoms with E-state index in [9.17, 15) is 9.90 Å². The number of nitrogens with one attached hydrogen (secondary N) is 1. The Morgan fingerprint density at radius 3 is 2.54 bits per heavy atom. The van der Waals surface area contributed by atoms with Gasteiger partial charge in [-0.3, -0.25) is 9.78 Å². The molecule has 1 heterocycles. The maximum Gasteiger partial charge on any atom is 0.271 e. The predicted octanol–water partition coefficient (Wildman–Crippen LogP) is 1.54. The molecule has 1 aromatic heterocycles. The number of carbonyl (C=O) groups excluding carboxylic acids is 1. The fraction of sp³-hybridized carbons (Fsp3) is 0.188. The van der Waals surface area contributed by atoms with E-state index in [4.69, 9.17) is 15.2 Å². The van der Waals surface area contributed by atoms with Crippen LogP contribution in [0.1, 0.15) is 22.8 Å². The van der Waals surface area contributed by atoms with Gasteiger partial charge in [0.25, 0.3) is 5.91 Å². The number of hydrogen-bond donors (Lipinski definition) is 3. The van der Waals surface area contributed by atoms with Crippen molar-refractivity contribution in [3.63, 3.8) is 0 Å². The van der Waals surface area contributed by atoms with Crippen LogP contribution >= 0.6 is 0 Å². The molecule has 0 aliphatic heterocycles. The van der Waals surface area contributed by atoms with E-state index < -0.39 is 0 Å². The lowest BCUT2D eigenvalue weighted by Gasteiger charge is -2.14. The summed E-state index contributed by atoms with van der Waals surface area (Å²) in [6, 6.07) is 4.66. The summed E-state index contributed by atoms with van der Waals surface area (Å²) in [7, 11) is 2.79. The molecule has 0 atom stereocenters. The number of phenols is 1. The van der Waals surface area contributed by atoms with Gasteiger partial charge in [-0.1, -0.05) is 0 Å². The van der Waals surface area contributed by atoms with Gasteiger partial charge in [-0.2, -0.15) is 5.10 Å². The second-order valence-electron chi connectivity index (χ2n) is 4.80. The number of hydrogen-bond acceptors (Lipinski definition) is 7. The first-order valence-corrected chi connectivity index (χ1v) is 6.98. The molecule has 0 saturated carbocycles. The van der Waals surface area contributed by atoms with Gasteiger partial charge in [-0.15, -0.1) is 0 Å². The third-order valence-electron chi connectivity index (χ3n) is 3.34. The van der Waals surface area contributed by atoms with E-state index in [0.29, 0.717) is 16.8 Å². The van der Waals surface area contributed by atoms with Crippen molar-refractivity contribution in [2.24, 2.45) is 5.10 Å². The van der Waals surface area contributed by atoms with Crippen LogP contribution in [0.15, 0.2) is 35.7 Å². The molecule has 0 bridgehead atoms. The lowest BCUT2D eigenvalue weighted by Crippen LogP contribution is -2.19. The molecule has 8 heteroatoms. The number of amides is 1. The van der Waals surface area contributed by atoms with Crippen molar-refractivity contribution in [2.75, 3.05) is 20.0 Å². The Labute approximate surface area is 138 Å². The van der Waals surface area contributed by atoms with Gasteiger partial charge in [0.2, 0.25) is 5.75 Å². The number of nitrogens with two attached hydrogens (primary N) is 1. The fourth-order valence-electron chi connectivity index (χ4n) is 2.06. The quantitative estimate of drug-likeness (QED) is 0.435. The van der Waals surface area contributed by atoms with Gasteiger partial charge in [0.1, 0.15) is 0 Å². The Hall–Kier alpha value is -3.29. The van der Waals surface area contributed by atoms with Gasteiger partial charge in [0, 0.05) is 23.5 Å². The van der Waals surface area contributed by atoms with Gasteiger partial charge in [0.05, 0.1) is 25.6 Å². The summed E-state index contributed by atoms with van der Waals surface area (Å²) in [5.74, 6) is -0.312. The summed E-state index contributed by atoms with van der Waals surface area (Å²) in [5, 5.41) is 14.0. The minimum absolute atomic E-state index is 0.0827. The third kappa shape index (κ3) is 3.37. The second kappa shape index (κ2) is 7.32. The molecular formula is C16H18N4O4. The number of benzene rings is 1. The van der Waals surface area contributed by atoms with Crippen LogP contribution in [0.5, 0.6) is 17.2 Å². The maximum absolute atomic E-state index is 12.0. The van der Waals surface area contributed by atoms with Crippen molar-refractivity contribution in [3.8, 4) is 17.2 Å². The number of carbonyl (C=O) groups is 1. The number of nitrogen functional groups attached to an aromatic ring is 1. The smallest absolute Gasteiger partial charge is 0.271 e. The predicted molar refractivity (Wildman–Crippen MR) is 89.5 cm³/mol. The number of aromatic nitrogens is 1. The first-order valence-electron chi connectivity index (χ1n) is 6.98. The van der Waals surface area contributed by atoms with Crippen LogP contribution in [-0.2, 0) is 0 Å². The summed E-state index contributed by atoms with van der Waals surface area (Å²) in [6.45, 7) is 1.66. The van der Waals surface area contributed by atoms with Crippen LogP contribution in [0, 0.1) is 0 Å². The van der Waals surface area contributed by atoms with E-state index in [1.54, 1.807) is 19.1 Å². The molecule has 1 amide bonds. The van der Waals surface area contributed by atoms with Gasteiger partial charge in [-0.05, 0) is 25.1 Å². The molecular weight excluding hydrogens is 312 g/mol. The van der Waals surface area contributed by atoms with Crippen LogP contribution < -0.4 is 20.6 Å². The van der Waals surface area contributed by atoms with Crippen molar-refractivity contribution in [1.29, 1.82) is 0 Å². The van der Waals surface area contributed by atoms with Gasteiger partial charge >= 0.3 is 0 Å². The number of anilines is 1. The van der Waals surface area contributed by atoms with Crippen LogP contribution in [0.3, 0.4) is 0 Å². The Balaban J connectivity index is 2.32. The SMILES string of the molecule is COc1cc(/C(C)=N/NC(=O)c2ccncc2)c(N)c(OC)c1O. The normalized spacial score (nSPS) is 11.0. The van der Waals surface area contributed by atoms with Gasteiger partial charge in [-0.25, -0.2) is 5.43 Å². The molecule has 2 rings (SSSR count). The van der Waals surface area contributed by atoms with Crippen LogP contribution in [0.4, 0.5) is 5.69 Å². The monoisotopic (exact) mass is 330 g/mol. The molecule has 24 heavy (non-hydrogen) atoms. The summed E-state index contributed by atoms with van der Waals surface area (Å²) in [4.78, 5) is 15.8. The first-order chi connectivity index (χ1) is 11.5. The average Bonchev–Trinajstić information content (AvgIpc) is 2.60. The summed E-state index contributed by atoms with van der Waals surface area (Å²) >= 11 is 0. The molecule has 0 saturated heterocycles. The zero-order valence-electron chi connectivity index (χ0n) is 13.5. The van der Waals surface area contributed by atoms with Crippen molar-refractivity contribution in [2.45, 2.75) is 6.92 Å². The van der Waals surface area contributed by atoms with Crippen LogP contribution in [-0.4, -0.2) is 35.9 Å². The van der Waals surface area contributed by atoms with E-state index >= 15 is 0 Å². The molecule has 4 N–H and O–H groups in total. The highest BCUT2D eigenvalue weighted by Gasteiger charge is 2.18. The summed E-state index contributed by atoms with van der Waals surface area (Å²) in [5.41, 5.74) is 9.94. The largest absolute Gasteiger partial charge is 0.502 e. The van der Waals surface area contributed by atoms with Crippen molar-refractivity contribution in [1.82, 2.24) is 10.4 Å². The Morgan fingerprint density at radius 2 is 1.96 bits per heavy atom. The molecule has 126 valence electrons.